The molecule has 5 heteroatoms. The first-order chi connectivity index (χ1) is 8.09. The van der Waals surface area contributed by atoms with Crippen LogP contribution in [0.2, 0.25) is 5.02 Å². The molecule has 3 N–H and O–H groups in total. The molecular weight excluding hydrogens is 254 g/mol. The van der Waals surface area contributed by atoms with Crippen molar-refractivity contribution in [2.45, 2.75) is 13.0 Å². The second-order valence-corrected chi connectivity index (χ2v) is 5.78. The summed E-state index contributed by atoms with van der Waals surface area (Å²) in [5.74, 6) is 2.30. The Bertz CT molecular complexity index is 436. The molecule has 1 heterocycles. The molecule has 0 amide bonds. The van der Waals surface area contributed by atoms with E-state index in [1.807, 2.05) is 23.9 Å². The largest absolute Gasteiger partial charge is 0.384 e. The van der Waals surface area contributed by atoms with Gasteiger partial charge in [0.25, 0.3) is 0 Å². The summed E-state index contributed by atoms with van der Waals surface area (Å²) in [6, 6.07) is 6.06. The summed E-state index contributed by atoms with van der Waals surface area (Å²) < 4.78 is 0. The lowest BCUT2D eigenvalue weighted by molar-refractivity contribution is 0.699. The fourth-order valence-corrected chi connectivity index (χ4v) is 3.25. The SMILES string of the molecule is CC1CSCCN1c1ccc(Cl)cc1C(=N)N. The van der Waals surface area contributed by atoms with Gasteiger partial charge in [0.15, 0.2) is 0 Å². The van der Waals surface area contributed by atoms with Gasteiger partial charge in [-0.15, -0.1) is 0 Å². The number of amidine groups is 1. The Balaban J connectivity index is 2.39. The summed E-state index contributed by atoms with van der Waals surface area (Å²) in [6.07, 6.45) is 0. The zero-order chi connectivity index (χ0) is 12.4. The van der Waals surface area contributed by atoms with Crippen LogP contribution in [0.3, 0.4) is 0 Å². The lowest BCUT2D eigenvalue weighted by Crippen LogP contribution is -2.41. The van der Waals surface area contributed by atoms with Gasteiger partial charge in [0.2, 0.25) is 0 Å². The minimum absolute atomic E-state index is 0.0768. The summed E-state index contributed by atoms with van der Waals surface area (Å²) in [6.45, 7) is 3.19. The maximum atomic E-state index is 7.64. The minimum atomic E-state index is 0.0768. The van der Waals surface area contributed by atoms with E-state index in [0.717, 1.165) is 29.3 Å². The van der Waals surface area contributed by atoms with E-state index in [0.29, 0.717) is 11.1 Å². The summed E-state index contributed by atoms with van der Waals surface area (Å²) in [5.41, 5.74) is 7.38. The highest BCUT2D eigenvalue weighted by molar-refractivity contribution is 7.99. The molecule has 92 valence electrons. The van der Waals surface area contributed by atoms with Gasteiger partial charge in [-0.25, -0.2) is 0 Å². The van der Waals surface area contributed by atoms with Crippen LogP contribution in [0.25, 0.3) is 0 Å². The van der Waals surface area contributed by atoms with E-state index in [9.17, 15) is 0 Å². The molecule has 0 bridgehead atoms. The van der Waals surface area contributed by atoms with Gasteiger partial charge in [0.1, 0.15) is 5.84 Å². The Hall–Kier alpha value is -0.870. The second kappa shape index (κ2) is 5.19. The van der Waals surface area contributed by atoms with Gasteiger partial charge < -0.3 is 10.6 Å². The second-order valence-electron chi connectivity index (χ2n) is 4.19. The summed E-state index contributed by atoms with van der Waals surface area (Å²) in [4.78, 5) is 2.31. The van der Waals surface area contributed by atoms with Crippen molar-refractivity contribution in [3.63, 3.8) is 0 Å². The molecule has 2 rings (SSSR count). The number of hydrogen-bond donors (Lipinski definition) is 2. The van der Waals surface area contributed by atoms with Crippen molar-refractivity contribution in [1.82, 2.24) is 0 Å². The van der Waals surface area contributed by atoms with Gasteiger partial charge in [-0.3, -0.25) is 5.41 Å². The van der Waals surface area contributed by atoms with Crippen molar-refractivity contribution in [2.24, 2.45) is 5.73 Å². The maximum absolute atomic E-state index is 7.64. The van der Waals surface area contributed by atoms with Gasteiger partial charge in [-0.05, 0) is 25.1 Å². The van der Waals surface area contributed by atoms with Crippen molar-refractivity contribution in [3.8, 4) is 0 Å². The number of nitrogens with zero attached hydrogens (tertiary/aromatic N) is 1. The lowest BCUT2D eigenvalue weighted by Gasteiger charge is -2.36. The maximum Gasteiger partial charge on any atom is 0.124 e. The van der Waals surface area contributed by atoms with Gasteiger partial charge >= 0.3 is 0 Å². The number of rotatable bonds is 2. The zero-order valence-corrected chi connectivity index (χ0v) is 11.3. The highest BCUT2D eigenvalue weighted by Gasteiger charge is 2.22. The van der Waals surface area contributed by atoms with Crippen LogP contribution in [-0.4, -0.2) is 29.9 Å². The van der Waals surface area contributed by atoms with Crippen LogP contribution >= 0.6 is 23.4 Å². The average Bonchev–Trinajstić information content (AvgIpc) is 2.30. The van der Waals surface area contributed by atoms with E-state index in [-0.39, 0.29) is 5.84 Å². The number of hydrogen-bond acceptors (Lipinski definition) is 3. The quantitative estimate of drug-likeness (QED) is 0.641. The monoisotopic (exact) mass is 269 g/mol. The minimum Gasteiger partial charge on any atom is -0.384 e. The molecule has 1 aliphatic rings. The number of halogens is 1. The predicted octanol–water partition coefficient (Wildman–Crippen LogP) is 2.57. The van der Waals surface area contributed by atoms with Gasteiger partial charge in [0, 0.05) is 40.4 Å². The number of benzene rings is 1. The van der Waals surface area contributed by atoms with Crippen LogP contribution in [0.1, 0.15) is 12.5 Å². The van der Waals surface area contributed by atoms with Crippen molar-refractivity contribution < 1.29 is 0 Å². The molecule has 1 fully saturated rings. The molecule has 1 atom stereocenters. The molecule has 1 aromatic rings. The van der Waals surface area contributed by atoms with Crippen LogP contribution in [0.4, 0.5) is 5.69 Å². The topological polar surface area (TPSA) is 53.1 Å². The molecule has 1 saturated heterocycles. The third kappa shape index (κ3) is 2.69. The third-order valence-corrected chi connectivity index (χ3v) is 4.35. The van der Waals surface area contributed by atoms with E-state index in [2.05, 4.69) is 11.8 Å². The van der Waals surface area contributed by atoms with Crippen molar-refractivity contribution in [2.75, 3.05) is 23.0 Å². The standard InChI is InChI=1S/C12H16ClN3S/c1-8-7-17-5-4-16(8)11-3-2-9(13)6-10(11)12(14)15/h2-3,6,8H,4-5,7H2,1H3,(H3,14,15). The van der Waals surface area contributed by atoms with Crippen LogP contribution < -0.4 is 10.6 Å². The number of nitrogen functional groups attached to an aromatic ring is 1. The molecule has 17 heavy (non-hydrogen) atoms. The van der Waals surface area contributed by atoms with E-state index >= 15 is 0 Å². The van der Waals surface area contributed by atoms with E-state index in [1.165, 1.54) is 0 Å². The van der Waals surface area contributed by atoms with Crippen molar-refractivity contribution >= 4 is 34.9 Å². The highest BCUT2D eigenvalue weighted by Crippen LogP contribution is 2.29. The van der Waals surface area contributed by atoms with Crippen molar-refractivity contribution in [1.29, 1.82) is 5.41 Å². The van der Waals surface area contributed by atoms with Crippen LogP contribution in [0.5, 0.6) is 0 Å². The summed E-state index contributed by atoms with van der Waals surface area (Å²) in [7, 11) is 0. The van der Waals surface area contributed by atoms with Crippen LogP contribution in [0, 0.1) is 5.41 Å². The van der Waals surface area contributed by atoms with Crippen LogP contribution in [-0.2, 0) is 0 Å². The van der Waals surface area contributed by atoms with Crippen molar-refractivity contribution in [3.05, 3.63) is 28.8 Å². The number of nitrogens with two attached hydrogens (primary N) is 1. The molecule has 0 aromatic heterocycles. The first kappa shape index (κ1) is 12.6. The molecule has 0 radical (unpaired) electrons. The number of anilines is 1. The summed E-state index contributed by atoms with van der Waals surface area (Å²) in [5, 5.41) is 8.27. The Morgan fingerprint density at radius 1 is 1.59 bits per heavy atom. The first-order valence-corrected chi connectivity index (χ1v) is 7.11. The van der Waals surface area contributed by atoms with Crippen LogP contribution in [0.15, 0.2) is 18.2 Å². The molecule has 1 aliphatic heterocycles. The lowest BCUT2D eigenvalue weighted by atomic mass is 10.1. The van der Waals surface area contributed by atoms with E-state index in [4.69, 9.17) is 22.7 Å². The normalized spacial score (nSPS) is 20.4. The zero-order valence-electron chi connectivity index (χ0n) is 9.74. The predicted molar refractivity (Wildman–Crippen MR) is 76.6 cm³/mol. The Morgan fingerprint density at radius 2 is 2.35 bits per heavy atom. The van der Waals surface area contributed by atoms with Gasteiger partial charge in [-0.1, -0.05) is 11.6 Å². The average molecular weight is 270 g/mol. The first-order valence-electron chi connectivity index (χ1n) is 5.58. The number of nitrogens with one attached hydrogen (secondary N) is 1. The molecule has 0 spiro atoms. The Morgan fingerprint density at radius 3 is 3.00 bits per heavy atom. The number of thioether (sulfide) groups is 1. The molecule has 0 aliphatic carbocycles. The van der Waals surface area contributed by atoms with Gasteiger partial charge in [0.05, 0.1) is 0 Å². The smallest absolute Gasteiger partial charge is 0.124 e. The summed E-state index contributed by atoms with van der Waals surface area (Å²) >= 11 is 7.93. The third-order valence-electron chi connectivity index (χ3n) is 2.93. The fourth-order valence-electron chi connectivity index (χ4n) is 2.06. The highest BCUT2D eigenvalue weighted by atomic mass is 35.5. The molecule has 1 unspecified atom stereocenters. The molecular formula is C12H16ClN3S. The molecule has 0 saturated carbocycles. The fraction of sp³-hybridized carbons (Fsp3) is 0.417. The van der Waals surface area contributed by atoms with Gasteiger partial charge in [-0.2, -0.15) is 11.8 Å². The Kier molecular flexibility index (Phi) is 3.84. The molecule has 1 aromatic carbocycles. The Labute approximate surface area is 111 Å². The van der Waals surface area contributed by atoms with E-state index < -0.39 is 0 Å². The molecule has 3 nitrogen and oxygen atoms in total. The van der Waals surface area contributed by atoms with E-state index in [1.54, 1.807) is 6.07 Å².